The van der Waals surface area contributed by atoms with Gasteiger partial charge in [-0.05, 0) is 6.08 Å². The molecule has 0 fully saturated rings. The van der Waals surface area contributed by atoms with E-state index in [0.717, 1.165) is 12.2 Å². The fourth-order valence-corrected chi connectivity index (χ4v) is 0.782. The molecule has 0 bridgehead atoms. The van der Waals surface area contributed by atoms with Gasteiger partial charge in [0.15, 0.2) is 0 Å². The zero-order valence-corrected chi connectivity index (χ0v) is 4.90. The predicted octanol–water partition coefficient (Wildman–Crippen LogP) is 1.22. The molecule has 0 aromatic heterocycles. The molecule has 0 aliphatic carbocycles. The van der Waals surface area contributed by atoms with E-state index < -0.39 is 0 Å². The molecule has 1 atom stereocenters. The SMILES string of the molecule is SCC1CC=CO1. The zero-order valence-electron chi connectivity index (χ0n) is 4.00. The Bertz CT molecular complexity index is 72.1. The van der Waals surface area contributed by atoms with E-state index in [9.17, 15) is 0 Å². The van der Waals surface area contributed by atoms with Gasteiger partial charge in [-0.25, -0.2) is 0 Å². The van der Waals surface area contributed by atoms with Crippen LogP contribution in [0.5, 0.6) is 0 Å². The Hall–Kier alpha value is -0.110. The van der Waals surface area contributed by atoms with Gasteiger partial charge in [0.1, 0.15) is 6.10 Å². The van der Waals surface area contributed by atoms with Gasteiger partial charge in [0.05, 0.1) is 6.26 Å². The zero-order chi connectivity index (χ0) is 5.11. The second-order valence-corrected chi connectivity index (χ2v) is 1.91. The van der Waals surface area contributed by atoms with Crippen LogP contribution in [0.4, 0.5) is 0 Å². The number of thiol groups is 1. The van der Waals surface area contributed by atoms with Gasteiger partial charge in [0, 0.05) is 12.2 Å². The van der Waals surface area contributed by atoms with Crippen molar-refractivity contribution >= 4 is 12.6 Å². The summed E-state index contributed by atoms with van der Waals surface area (Å²) in [6.07, 6.45) is 5.13. The second kappa shape index (κ2) is 2.26. The predicted molar refractivity (Wildman–Crippen MR) is 32.5 cm³/mol. The van der Waals surface area contributed by atoms with Gasteiger partial charge >= 0.3 is 0 Å². The average molecular weight is 116 g/mol. The summed E-state index contributed by atoms with van der Waals surface area (Å²) in [5.74, 6) is 0.826. The van der Waals surface area contributed by atoms with Crippen molar-refractivity contribution in [2.24, 2.45) is 0 Å². The molecule has 0 amide bonds. The molecule has 1 unspecified atom stereocenters. The van der Waals surface area contributed by atoms with E-state index >= 15 is 0 Å². The first-order valence-electron chi connectivity index (χ1n) is 2.35. The molecule has 2 heteroatoms. The van der Waals surface area contributed by atoms with E-state index in [1.807, 2.05) is 6.08 Å². The van der Waals surface area contributed by atoms with Gasteiger partial charge in [-0.15, -0.1) is 0 Å². The highest BCUT2D eigenvalue weighted by Gasteiger charge is 2.06. The topological polar surface area (TPSA) is 9.23 Å². The highest BCUT2D eigenvalue weighted by Crippen LogP contribution is 2.08. The van der Waals surface area contributed by atoms with Gasteiger partial charge in [0.25, 0.3) is 0 Å². The van der Waals surface area contributed by atoms with Crippen LogP contribution in [0.25, 0.3) is 0 Å². The van der Waals surface area contributed by atoms with Crippen molar-refractivity contribution in [1.29, 1.82) is 0 Å². The van der Waals surface area contributed by atoms with E-state index in [1.54, 1.807) is 6.26 Å². The molecule has 0 radical (unpaired) electrons. The molecule has 1 aliphatic heterocycles. The number of ether oxygens (including phenoxy) is 1. The van der Waals surface area contributed by atoms with Crippen LogP contribution in [-0.2, 0) is 4.74 Å². The van der Waals surface area contributed by atoms with Crippen molar-refractivity contribution in [3.8, 4) is 0 Å². The molecular weight excluding hydrogens is 108 g/mol. The molecule has 0 N–H and O–H groups in total. The van der Waals surface area contributed by atoms with E-state index in [4.69, 9.17) is 4.74 Å². The van der Waals surface area contributed by atoms with E-state index in [-0.39, 0.29) is 0 Å². The lowest BCUT2D eigenvalue weighted by atomic mass is 10.3. The highest BCUT2D eigenvalue weighted by atomic mass is 32.1. The van der Waals surface area contributed by atoms with E-state index in [2.05, 4.69) is 12.6 Å². The van der Waals surface area contributed by atoms with Gasteiger partial charge in [-0.1, -0.05) is 0 Å². The van der Waals surface area contributed by atoms with Crippen molar-refractivity contribution in [2.75, 3.05) is 5.75 Å². The quantitative estimate of drug-likeness (QED) is 0.507. The van der Waals surface area contributed by atoms with Crippen LogP contribution < -0.4 is 0 Å². The Labute approximate surface area is 48.8 Å². The lowest BCUT2D eigenvalue weighted by Crippen LogP contribution is -2.04. The standard InChI is InChI=1S/C5H8OS/c7-4-5-2-1-3-6-5/h1,3,5,7H,2,4H2. The first kappa shape index (κ1) is 5.04. The largest absolute Gasteiger partial charge is 0.497 e. The van der Waals surface area contributed by atoms with Crippen LogP contribution in [0.1, 0.15) is 6.42 Å². The molecule has 40 valence electrons. The monoisotopic (exact) mass is 116 g/mol. The highest BCUT2D eigenvalue weighted by molar-refractivity contribution is 7.80. The smallest absolute Gasteiger partial charge is 0.110 e. The molecule has 7 heavy (non-hydrogen) atoms. The van der Waals surface area contributed by atoms with E-state index in [1.165, 1.54) is 0 Å². The lowest BCUT2D eigenvalue weighted by molar-refractivity contribution is 0.193. The molecule has 1 rings (SSSR count). The molecule has 0 aromatic rings. The Balaban J connectivity index is 2.22. The van der Waals surface area contributed by atoms with Crippen molar-refractivity contribution in [3.63, 3.8) is 0 Å². The summed E-state index contributed by atoms with van der Waals surface area (Å²) < 4.78 is 5.05. The lowest BCUT2D eigenvalue weighted by Gasteiger charge is -2.02. The molecule has 0 spiro atoms. The van der Waals surface area contributed by atoms with Crippen molar-refractivity contribution in [1.82, 2.24) is 0 Å². The van der Waals surface area contributed by atoms with Crippen LogP contribution in [0.2, 0.25) is 0 Å². The third-order valence-corrected chi connectivity index (χ3v) is 1.38. The normalized spacial score (nSPS) is 27.9. The summed E-state index contributed by atoms with van der Waals surface area (Å²) in [6, 6.07) is 0. The number of hydrogen-bond donors (Lipinski definition) is 1. The Morgan fingerprint density at radius 1 is 1.86 bits per heavy atom. The third-order valence-electron chi connectivity index (χ3n) is 0.970. The van der Waals surface area contributed by atoms with Gasteiger partial charge in [-0.3, -0.25) is 0 Å². The maximum absolute atomic E-state index is 5.05. The van der Waals surface area contributed by atoms with Crippen LogP contribution in [0.3, 0.4) is 0 Å². The minimum Gasteiger partial charge on any atom is -0.497 e. The second-order valence-electron chi connectivity index (χ2n) is 1.55. The molecular formula is C5H8OS. The number of rotatable bonds is 1. The minimum absolute atomic E-state index is 0.350. The third kappa shape index (κ3) is 1.13. The van der Waals surface area contributed by atoms with Crippen molar-refractivity contribution in [3.05, 3.63) is 12.3 Å². The van der Waals surface area contributed by atoms with Crippen LogP contribution in [0, 0.1) is 0 Å². The summed E-state index contributed by atoms with van der Waals surface area (Å²) in [7, 11) is 0. The first-order chi connectivity index (χ1) is 3.43. The van der Waals surface area contributed by atoms with Crippen LogP contribution >= 0.6 is 12.6 Å². The van der Waals surface area contributed by atoms with Crippen molar-refractivity contribution < 1.29 is 4.74 Å². The van der Waals surface area contributed by atoms with Gasteiger partial charge in [-0.2, -0.15) is 12.6 Å². The maximum atomic E-state index is 5.05. The van der Waals surface area contributed by atoms with Gasteiger partial charge < -0.3 is 4.74 Å². The molecule has 0 saturated heterocycles. The summed E-state index contributed by atoms with van der Waals surface area (Å²) in [5.41, 5.74) is 0. The minimum atomic E-state index is 0.350. The van der Waals surface area contributed by atoms with E-state index in [0.29, 0.717) is 6.10 Å². The summed E-state index contributed by atoms with van der Waals surface area (Å²) >= 11 is 4.05. The average Bonchev–Trinajstić information content (AvgIpc) is 2.14. The molecule has 1 aliphatic rings. The molecule has 0 aromatic carbocycles. The molecule has 1 heterocycles. The van der Waals surface area contributed by atoms with Crippen molar-refractivity contribution in [2.45, 2.75) is 12.5 Å². The number of hydrogen-bond acceptors (Lipinski definition) is 2. The maximum Gasteiger partial charge on any atom is 0.110 e. The summed E-state index contributed by atoms with van der Waals surface area (Å²) in [4.78, 5) is 0. The summed E-state index contributed by atoms with van der Waals surface area (Å²) in [5, 5.41) is 0. The first-order valence-corrected chi connectivity index (χ1v) is 2.98. The summed E-state index contributed by atoms with van der Waals surface area (Å²) in [6.45, 7) is 0. The molecule has 0 saturated carbocycles. The molecule has 1 nitrogen and oxygen atoms in total. The Morgan fingerprint density at radius 2 is 2.71 bits per heavy atom. The Kier molecular flexibility index (Phi) is 1.63. The van der Waals surface area contributed by atoms with Gasteiger partial charge in [0.2, 0.25) is 0 Å². The fraction of sp³-hybridized carbons (Fsp3) is 0.600. The van der Waals surface area contributed by atoms with Crippen LogP contribution in [-0.4, -0.2) is 11.9 Å². The fourth-order valence-electron chi connectivity index (χ4n) is 0.547. The Morgan fingerprint density at radius 3 is 3.00 bits per heavy atom. The van der Waals surface area contributed by atoms with Crippen LogP contribution in [0.15, 0.2) is 12.3 Å².